The van der Waals surface area contributed by atoms with Gasteiger partial charge in [0.15, 0.2) is 0 Å². The van der Waals surface area contributed by atoms with Crippen LogP contribution in [0, 0.1) is 0 Å². The first kappa shape index (κ1) is 19.6. The minimum atomic E-state index is 0.0743. The molecule has 0 spiro atoms. The summed E-state index contributed by atoms with van der Waals surface area (Å²) < 4.78 is 13.6. The molecule has 1 aliphatic carbocycles. The third kappa shape index (κ3) is 4.25. The van der Waals surface area contributed by atoms with Crippen LogP contribution < -0.4 is 4.74 Å². The maximum atomic E-state index is 12.6. The average molecular weight is 410 g/mol. The third-order valence-corrected chi connectivity index (χ3v) is 6.74. The number of aromatic nitrogens is 1. The van der Waals surface area contributed by atoms with Crippen molar-refractivity contribution in [2.24, 2.45) is 0 Å². The fraction of sp³-hybridized carbons (Fsp3) is 0.542. The number of hydrogen-bond donors (Lipinski definition) is 0. The number of likely N-dealkylation sites (tertiary alicyclic amines) is 1. The molecule has 0 atom stereocenters. The molecule has 1 amide bonds. The summed E-state index contributed by atoms with van der Waals surface area (Å²) in [6.07, 6.45) is 10.6. The monoisotopic (exact) mass is 409 g/mol. The summed E-state index contributed by atoms with van der Waals surface area (Å²) in [5.74, 6) is 1.00. The zero-order valence-electron chi connectivity index (χ0n) is 17.5. The van der Waals surface area contributed by atoms with Gasteiger partial charge in [-0.05, 0) is 56.0 Å². The molecule has 0 N–H and O–H groups in total. The van der Waals surface area contributed by atoms with E-state index in [2.05, 4.69) is 17.0 Å². The van der Waals surface area contributed by atoms with Gasteiger partial charge in [0.05, 0.1) is 18.8 Å². The number of nitrogens with zero attached hydrogens (tertiary/aromatic N) is 3. The summed E-state index contributed by atoms with van der Waals surface area (Å²) >= 11 is 0. The topological polar surface area (TPSA) is 46.9 Å². The molecular formula is C24H31N3O3. The molecule has 2 saturated heterocycles. The van der Waals surface area contributed by atoms with Gasteiger partial charge in [0.2, 0.25) is 0 Å². The number of ether oxygens (including phenoxy) is 2. The van der Waals surface area contributed by atoms with E-state index in [4.69, 9.17) is 9.47 Å². The minimum absolute atomic E-state index is 0.0743. The fourth-order valence-electron chi connectivity index (χ4n) is 4.63. The highest BCUT2D eigenvalue weighted by Gasteiger charge is 2.29. The lowest BCUT2D eigenvalue weighted by atomic mass is 9.90. The van der Waals surface area contributed by atoms with Crippen LogP contribution in [0.15, 0.2) is 42.7 Å². The van der Waals surface area contributed by atoms with Gasteiger partial charge in [0, 0.05) is 50.3 Å². The van der Waals surface area contributed by atoms with Gasteiger partial charge in [0.25, 0.3) is 5.91 Å². The number of amides is 1. The molecule has 1 aromatic heterocycles. The van der Waals surface area contributed by atoms with Gasteiger partial charge in [-0.2, -0.15) is 0 Å². The van der Waals surface area contributed by atoms with Crippen molar-refractivity contribution in [2.75, 3.05) is 39.4 Å². The van der Waals surface area contributed by atoms with E-state index in [0.29, 0.717) is 32.4 Å². The van der Waals surface area contributed by atoms with Crippen LogP contribution >= 0.6 is 0 Å². The fourth-order valence-corrected chi connectivity index (χ4v) is 4.63. The summed E-state index contributed by atoms with van der Waals surface area (Å²) in [7, 11) is 0. The van der Waals surface area contributed by atoms with Crippen LogP contribution in [0.3, 0.4) is 0 Å². The number of carbonyl (C=O) groups is 1. The Balaban J connectivity index is 1.16. The first-order valence-corrected chi connectivity index (χ1v) is 11.3. The third-order valence-electron chi connectivity index (χ3n) is 6.74. The zero-order valence-corrected chi connectivity index (χ0v) is 17.5. The Bertz CT molecular complexity index is 845. The summed E-state index contributed by atoms with van der Waals surface area (Å²) in [6, 6.07) is 10.9. The molecule has 3 fully saturated rings. The Morgan fingerprint density at radius 1 is 0.933 bits per heavy atom. The second-order valence-electron chi connectivity index (χ2n) is 8.64. The van der Waals surface area contributed by atoms with Crippen molar-refractivity contribution in [1.29, 1.82) is 0 Å². The minimum Gasteiger partial charge on any atom is -0.490 e. The summed E-state index contributed by atoms with van der Waals surface area (Å²) in [5, 5.41) is 0. The van der Waals surface area contributed by atoms with Crippen molar-refractivity contribution in [3.63, 3.8) is 0 Å². The Labute approximate surface area is 178 Å². The SMILES string of the molecule is O=C(c1ccn(-c2ccc(OC3CCN(C4CCC4)CC3)cc2)c1)N1CCOCC1. The van der Waals surface area contributed by atoms with E-state index < -0.39 is 0 Å². The first-order chi connectivity index (χ1) is 14.8. The highest BCUT2D eigenvalue weighted by atomic mass is 16.5. The molecule has 3 aliphatic rings. The lowest BCUT2D eigenvalue weighted by molar-refractivity contribution is 0.0303. The van der Waals surface area contributed by atoms with Crippen molar-refractivity contribution >= 4 is 5.91 Å². The van der Waals surface area contributed by atoms with E-state index in [1.165, 1.54) is 19.3 Å². The van der Waals surface area contributed by atoms with E-state index in [-0.39, 0.29) is 5.91 Å². The molecule has 0 radical (unpaired) electrons. The Hall–Kier alpha value is -2.31. The van der Waals surface area contributed by atoms with Crippen molar-refractivity contribution in [1.82, 2.24) is 14.4 Å². The maximum absolute atomic E-state index is 12.6. The van der Waals surface area contributed by atoms with Crippen LogP contribution in [0.2, 0.25) is 0 Å². The molecule has 2 aromatic rings. The lowest BCUT2D eigenvalue weighted by Crippen LogP contribution is -2.46. The highest BCUT2D eigenvalue weighted by Crippen LogP contribution is 2.28. The van der Waals surface area contributed by atoms with Crippen LogP contribution in [0.5, 0.6) is 5.75 Å². The van der Waals surface area contributed by atoms with Gasteiger partial charge in [0.1, 0.15) is 11.9 Å². The van der Waals surface area contributed by atoms with Crippen molar-refractivity contribution in [3.8, 4) is 11.4 Å². The van der Waals surface area contributed by atoms with Crippen molar-refractivity contribution in [3.05, 3.63) is 48.3 Å². The standard InChI is InChI=1S/C24H31N3O3/c28-24(26-14-16-29-17-15-26)19-8-11-27(18-19)21-4-6-22(7-5-21)30-23-9-12-25(13-10-23)20-2-1-3-20/h4-8,11,18,20,23H,1-3,9-10,12-17H2. The second kappa shape index (κ2) is 8.82. The second-order valence-corrected chi connectivity index (χ2v) is 8.64. The van der Waals surface area contributed by atoms with Gasteiger partial charge in [-0.3, -0.25) is 4.79 Å². The van der Waals surface area contributed by atoms with Crippen LogP contribution in [0.25, 0.3) is 5.69 Å². The maximum Gasteiger partial charge on any atom is 0.255 e. The predicted molar refractivity (Wildman–Crippen MR) is 115 cm³/mol. The Morgan fingerprint density at radius 2 is 1.67 bits per heavy atom. The number of carbonyl (C=O) groups excluding carboxylic acids is 1. The molecule has 6 nitrogen and oxygen atoms in total. The molecule has 0 bridgehead atoms. The molecule has 30 heavy (non-hydrogen) atoms. The summed E-state index contributed by atoms with van der Waals surface area (Å²) in [6.45, 7) is 4.89. The smallest absolute Gasteiger partial charge is 0.255 e. The molecule has 1 aromatic carbocycles. The van der Waals surface area contributed by atoms with Gasteiger partial charge in [-0.1, -0.05) is 6.42 Å². The van der Waals surface area contributed by atoms with E-state index >= 15 is 0 Å². The molecule has 1 saturated carbocycles. The molecule has 5 rings (SSSR count). The quantitative estimate of drug-likeness (QED) is 0.760. The van der Waals surface area contributed by atoms with E-state index in [1.807, 2.05) is 40.1 Å². The number of piperidine rings is 1. The summed E-state index contributed by atoms with van der Waals surface area (Å²) in [4.78, 5) is 17.1. The van der Waals surface area contributed by atoms with Crippen LogP contribution in [0.4, 0.5) is 0 Å². The van der Waals surface area contributed by atoms with Gasteiger partial charge in [-0.25, -0.2) is 0 Å². The Kier molecular flexibility index (Phi) is 5.77. The molecule has 2 aliphatic heterocycles. The van der Waals surface area contributed by atoms with Crippen molar-refractivity contribution in [2.45, 2.75) is 44.2 Å². The zero-order chi connectivity index (χ0) is 20.3. The molecule has 0 unspecified atom stereocenters. The normalized spacial score (nSPS) is 21.4. The van der Waals surface area contributed by atoms with Gasteiger partial charge in [-0.15, -0.1) is 0 Å². The highest BCUT2D eigenvalue weighted by molar-refractivity contribution is 5.94. The van der Waals surface area contributed by atoms with Crippen LogP contribution in [-0.4, -0.2) is 71.8 Å². The largest absolute Gasteiger partial charge is 0.490 e. The van der Waals surface area contributed by atoms with E-state index in [1.54, 1.807) is 0 Å². The van der Waals surface area contributed by atoms with Crippen LogP contribution in [0.1, 0.15) is 42.5 Å². The van der Waals surface area contributed by atoms with Gasteiger partial charge >= 0.3 is 0 Å². The first-order valence-electron chi connectivity index (χ1n) is 11.3. The van der Waals surface area contributed by atoms with Gasteiger partial charge < -0.3 is 23.8 Å². The number of hydrogen-bond acceptors (Lipinski definition) is 4. The van der Waals surface area contributed by atoms with E-state index in [9.17, 15) is 4.79 Å². The lowest BCUT2D eigenvalue weighted by Gasteiger charge is -2.41. The molecular weight excluding hydrogens is 378 g/mol. The summed E-state index contributed by atoms with van der Waals surface area (Å²) in [5.41, 5.74) is 1.75. The van der Waals surface area contributed by atoms with E-state index in [0.717, 1.165) is 49.0 Å². The molecule has 3 heterocycles. The average Bonchev–Trinajstić information content (AvgIpc) is 3.25. The Morgan fingerprint density at radius 3 is 2.33 bits per heavy atom. The molecule has 6 heteroatoms. The van der Waals surface area contributed by atoms with Crippen molar-refractivity contribution < 1.29 is 14.3 Å². The number of benzene rings is 1. The van der Waals surface area contributed by atoms with Crippen LogP contribution in [-0.2, 0) is 4.74 Å². The number of rotatable bonds is 5. The molecule has 160 valence electrons. The predicted octanol–water partition coefficient (Wildman–Crippen LogP) is 3.35. The number of morpholine rings is 1.